The molecule has 0 saturated carbocycles. The van der Waals surface area contributed by atoms with Gasteiger partial charge in [-0.3, -0.25) is 0 Å². The van der Waals surface area contributed by atoms with Crippen molar-refractivity contribution in [3.05, 3.63) is 23.8 Å². The third kappa shape index (κ3) is 2.56. The minimum absolute atomic E-state index is 0.140. The number of aromatic carboxylic acids is 1. The van der Waals surface area contributed by atoms with Gasteiger partial charge in [0.05, 0.1) is 11.3 Å². The Morgan fingerprint density at radius 1 is 1.50 bits per heavy atom. The molecule has 1 aromatic rings. The lowest BCUT2D eigenvalue weighted by Gasteiger charge is -2.34. The van der Waals surface area contributed by atoms with Crippen molar-refractivity contribution in [2.24, 2.45) is 5.92 Å². The van der Waals surface area contributed by atoms with Crippen LogP contribution in [0.2, 0.25) is 0 Å². The summed E-state index contributed by atoms with van der Waals surface area (Å²) in [5.74, 6) is -0.738. The number of carboxylic acids is 1. The fourth-order valence-corrected chi connectivity index (χ4v) is 2.42. The highest BCUT2D eigenvalue weighted by Gasteiger charge is 2.23. The summed E-state index contributed by atoms with van der Waals surface area (Å²) in [5.41, 5.74) is 7.21. The van der Waals surface area contributed by atoms with Crippen molar-refractivity contribution in [1.29, 1.82) is 0 Å². The first-order valence-corrected chi connectivity index (χ1v) is 6.10. The van der Waals surface area contributed by atoms with Crippen molar-refractivity contribution in [2.75, 3.05) is 30.3 Å². The van der Waals surface area contributed by atoms with Gasteiger partial charge in [0.25, 0.3) is 0 Å². The molecule has 0 bridgehead atoms. The second-order valence-electron chi connectivity index (χ2n) is 4.72. The van der Waals surface area contributed by atoms with Crippen LogP contribution in [0.1, 0.15) is 23.2 Å². The average Bonchev–Trinajstić information content (AvgIpc) is 2.38. The summed E-state index contributed by atoms with van der Waals surface area (Å²) >= 11 is 0. The molecule has 0 amide bonds. The molecule has 2 rings (SSSR count). The van der Waals surface area contributed by atoms with E-state index in [-0.39, 0.29) is 18.1 Å². The van der Waals surface area contributed by atoms with Crippen LogP contribution in [0, 0.1) is 5.92 Å². The molecule has 1 aromatic carbocycles. The predicted molar refractivity (Wildman–Crippen MR) is 69.8 cm³/mol. The van der Waals surface area contributed by atoms with E-state index < -0.39 is 5.97 Å². The van der Waals surface area contributed by atoms with Crippen molar-refractivity contribution < 1.29 is 15.0 Å². The van der Waals surface area contributed by atoms with Crippen LogP contribution in [0.15, 0.2) is 18.2 Å². The summed E-state index contributed by atoms with van der Waals surface area (Å²) in [7, 11) is 0. The van der Waals surface area contributed by atoms with Gasteiger partial charge < -0.3 is 20.8 Å². The van der Waals surface area contributed by atoms with E-state index in [0.29, 0.717) is 17.9 Å². The molecule has 1 fully saturated rings. The van der Waals surface area contributed by atoms with Gasteiger partial charge in [-0.05, 0) is 37.0 Å². The van der Waals surface area contributed by atoms with Gasteiger partial charge in [-0.2, -0.15) is 0 Å². The molecule has 0 aliphatic carbocycles. The number of nitrogens with zero attached hydrogens (tertiary/aromatic N) is 1. The predicted octanol–water partition coefficient (Wildman–Crippen LogP) is 1.18. The molecule has 5 heteroatoms. The Labute approximate surface area is 106 Å². The number of benzene rings is 1. The normalized spacial score (nSPS) is 19.8. The summed E-state index contributed by atoms with van der Waals surface area (Å²) in [6.45, 7) is 1.63. The molecular weight excluding hydrogens is 232 g/mol. The van der Waals surface area contributed by atoms with Crippen LogP contribution in [-0.2, 0) is 0 Å². The van der Waals surface area contributed by atoms with Gasteiger partial charge in [0.15, 0.2) is 0 Å². The lowest BCUT2D eigenvalue weighted by molar-refractivity contribution is 0.0697. The zero-order valence-electron chi connectivity index (χ0n) is 10.2. The van der Waals surface area contributed by atoms with Crippen molar-refractivity contribution in [3.63, 3.8) is 0 Å². The molecule has 1 atom stereocenters. The molecule has 1 aliphatic rings. The fourth-order valence-electron chi connectivity index (χ4n) is 2.42. The zero-order valence-corrected chi connectivity index (χ0v) is 10.2. The van der Waals surface area contributed by atoms with Crippen LogP contribution in [0.5, 0.6) is 0 Å². The first-order valence-electron chi connectivity index (χ1n) is 6.10. The van der Waals surface area contributed by atoms with E-state index in [1.54, 1.807) is 12.1 Å². The van der Waals surface area contributed by atoms with Crippen LogP contribution in [0.25, 0.3) is 0 Å². The van der Waals surface area contributed by atoms with E-state index in [4.69, 9.17) is 5.73 Å². The summed E-state index contributed by atoms with van der Waals surface area (Å²) in [6.07, 6.45) is 1.94. The van der Waals surface area contributed by atoms with Gasteiger partial charge in [0, 0.05) is 25.4 Å². The Balaban J connectivity index is 2.31. The number of hydrogen-bond donors (Lipinski definition) is 3. The first-order chi connectivity index (χ1) is 8.61. The summed E-state index contributed by atoms with van der Waals surface area (Å²) in [5, 5.41) is 18.4. The maximum Gasteiger partial charge on any atom is 0.337 e. The highest BCUT2D eigenvalue weighted by Crippen LogP contribution is 2.28. The first kappa shape index (κ1) is 12.7. The molecule has 5 nitrogen and oxygen atoms in total. The number of nitrogen functional groups attached to an aromatic ring is 1. The van der Waals surface area contributed by atoms with Gasteiger partial charge in [0.1, 0.15) is 0 Å². The maximum absolute atomic E-state index is 11.2. The van der Waals surface area contributed by atoms with E-state index in [0.717, 1.165) is 19.4 Å². The molecule has 98 valence electrons. The third-order valence-corrected chi connectivity index (χ3v) is 3.37. The smallest absolute Gasteiger partial charge is 0.337 e. The van der Waals surface area contributed by atoms with E-state index in [9.17, 15) is 15.0 Å². The van der Waals surface area contributed by atoms with Gasteiger partial charge in [-0.15, -0.1) is 0 Å². The van der Waals surface area contributed by atoms with Gasteiger partial charge in [-0.1, -0.05) is 0 Å². The van der Waals surface area contributed by atoms with Crippen molar-refractivity contribution >= 4 is 17.3 Å². The molecule has 1 heterocycles. The van der Waals surface area contributed by atoms with Crippen molar-refractivity contribution in [2.45, 2.75) is 12.8 Å². The lowest BCUT2D eigenvalue weighted by atomic mass is 9.97. The summed E-state index contributed by atoms with van der Waals surface area (Å²) in [6, 6.07) is 4.83. The summed E-state index contributed by atoms with van der Waals surface area (Å²) in [4.78, 5) is 13.2. The molecule has 18 heavy (non-hydrogen) atoms. The molecule has 0 radical (unpaired) electrons. The van der Waals surface area contributed by atoms with Crippen LogP contribution in [0.4, 0.5) is 11.4 Å². The quantitative estimate of drug-likeness (QED) is 0.701. The van der Waals surface area contributed by atoms with Gasteiger partial charge in [0.2, 0.25) is 0 Å². The molecule has 0 aromatic heterocycles. The highest BCUT2D eigenvalue weighted by molar-refractivity contribution is 5.95. The van der Waals surface area contributed by atoms with E-state index in [2.05, 4.69) is 0 Å². The van der Waals surface area contributed by atoms with Crippen LogP contribution in [-0.4, -0.2) is 35.9 Å². The monoisotopic (exact) mass is 250 g/mol. The number of aliphatic hydroxyl groups is 1. The number of rotatable bonds is 3. The number of nitrogens with two attached hydrogens (primary N) is 1. The van der Waals surface area contributed by atoms with Crippen LogP contribution >= 0.6 is 0 Å². The number of anilines is 2. The zero-order chi connectivity index (χ0) is 13.1. The van der Waals surface area contributed by atoms with Crippen molar-refractivity contribution in [3.8, 4) is 0 Å². The second-order valence-corrected chi connectivity index (χ2v) is 4.72. The van der Waals surface area contributed by atoms with E-state index in [1.807, 2.05) is 4.90 Å². The molecular formula is C13H18N2O3. The third-order valence-electron chi connectivity index (χ3n) is 3.37. The van der Waals surface area contributed by atoms with Gasteiger partial charge in [-0.25, -0.2) is 4.79 Å². The van der Waals surface area contributed by atoms with Gasteiger partial charge >= 0.3 is 5.97 Å². The minimum Gasteiger partial charge on any atom is -0.478 e. The molecule has 1 unspecified atom stereocenters. The Kier molecular flexibility index (Phi) is 3.72. The van der Waals surface area contributed by atoms with E-state index >= 15 is 0 Å². The number of carboxylic acid groups (broad SMARTS) is 1. The number of carbonyl (C=O) groups is 1. The molecule has 1 aliphatic heterocycles. The SMILES string of the molecule is Nc1ccc(C(=O)O)c(N2CCCC(CO)C2)c1. The molecule has 4 N–H and O–H groups in total. The molecule has 0 spiro atoms. The van der Waals surface area contributed by atoms with Crippen molar-refractivity contribution in [1.82, 2.24) is 0 Å². The van der Waals surface area contributed by atoms with E-state index in [1.165, 1.54) is 6.07 Å². The van der Waals surface area contributed by atoms with Crippen LogP contribution < -0.4 is 10.6 Å². The molecule has 1 saturated heterocycles. The number of aliphatic hydroxyl groups excluding tert-OH is 1. The Morgan fingerprint density at radius 3 is 2.94 bits per heavy atom. The standard InChI is InChI=1S/C13H18N2O3/c14-10-3-4-11(13(17)18)12(6-10)15-5-1-2-9(7-15)8-16/h3-4,6,9,16H,1-2,5,7-8,14H2,(H,17,18). The maximum atomic E-state index is 11.2. The minimum atomic E-state index is -0.948. The number of piperidine rings is 1. The van der Waals surface area contributed by atoms with Crippen LogP contribution in [0.3, 0.4) is 0 Å². The highest BCUT2D eigenvalue weighted by atomic mass is 16.4. The Hall–Kier alpha value is -1.75. The Morgan fingerprint density at radius 2 is 2.28 bits per heavy atom. The Bertz CT molecular complexity index is 448. The fraction of sp³-hybridized carbons (Fsp3) is 0.462. The number of hydrogen-bond acceptors (Lipinski definition) is 4. The average molecular weight is 250 g/mol. The topological polar surface area (TPSA) is 86.8 Å². The second kappa shape index (κ2) is 5.27. The lowest BCUT2D eigenvalue weighted by Crippen LogP contribution is -2.37. The largest absolute Gasteiger partial charge is 0.478 e. The summed E-state index contributed by atoms with van der Waals surface area (Å²) < 4.78 is 0.